The molecule has 0 saturated heterocycles. The van der Waals surface area contributed by atoms with Crippen molar-refractivity contribution in [2.45, 2.75) is 39.5 Å². The average Bonchev–Trinajstić information content (AvgIpc) is 2.03. The van der Waals surface area contributed by atoms with E-state index in [0.29, 0.717) is 12.8 Å². The number of Topliss-reactive ketones (excluding diaryl/α,β-unsaturated/α-hetero) is 1. The molecule has 0 rings (SSSR count). The van der Waals surface area contributed by atoms with Crippen LogP contribution in [0.15, 0.2) is 0 Å². The molecule has 2 heteroatoms. The van der Waals surface area contributed by atoms with Crippen LogP contribution < -0.4 is 0 Å². The van der Waals surface area contributed by atoms with Crippen molar-refractivity contribution in [1.29, 1.82) is 5.26 Å². The van der Waals surface area contributed by atoms with Gasteiger partial charge in [-0.15, -0.1) is 0 Å². The average molecular weight is 153 g/mol. The van der Waals surface area contributed by atoms with Gasteiger partial charge < -0.3 is 0 Å². The number of carbonyl (C=O) groups is 1. The zero-order valence-electron chi connectivity index (χ0n) is 7.26. The quantitative estimate of drug-likeness (QED) is 0.608. The summed E-state index contributed by atoms with van der Waals surface area (Å²) in [6, 6.07) is 2.15. The smallest absolute Gasteiger partial charge is 0.133 e. The van der Waals surface area contributed by atoms with Crippen LogP contribution in [-0.2, 0) is 4.79 Å². The summed E-state index contributed by atoms with van der Waals surface area (Å²) in [7, 11) is 0. The Balaban J connectivity index is 3.70. The van der Waals surface area contributed by atoms with Crippen molar-refractivity contribution in [3.63, 3.8) is 0 Å². The van der Waals surface area contributed by atoms with Gasteiger partial charge in [0.1, 0.15) is 5.78 Å². The van der Waals surface area contributed by atoms with Gasteiger partial charge in [-0.25, -0.2) is 0 Å². The van der Waals surface area contributed by atoms with E-state index in [-0.39, 0.29) is 11.7 Å². The van der Waals surface area contributed by atoms with Crippen LogP contribution in [0.5, 0.6) is 0 Å². The predicted molar refractivity (Wildman–Crippen MR) is 43.9 cm³/mol. The van der Waals surface area contributed by atoms with Gasteiger partial charge in [-0.3, -0.25) is 4.79 Å². The van der Waals surface area contributed by atoms with Crippen LogP contribution in [0.25, 0.3) is 0 Å². The van der Waals surface area contributed by atoms with E-state index in [9.17, 15) is 4.79 Å². The molecule has 0 aromatic carbocycles. The van der Waals surface area contributed by atoms with Gasteiger partial charge in [-0.1, -0.05) is 20.3 Å². The van der Waals surface area contributed by atoms with Crippen LogP contribution in [0, 0.1) is 17.2 Å². The lowest BCUT2D eigenvalue weighted by atomic mass is 9.98. The fourth-order valence-corrected chi connectivity index (χ4v) is 0.980. The van der Waals surface area contributed by atoms with Crippen LogP contribution in [-0.4, -0.2) is 5.78 Å². The fourth-order valence-electron chi connectivity index (χ4n) is 0.980. The first-order valence-corrected chi connectivity index (χ1v) is 4.15. The van der Waals surface area contributed by atoms with Crippen LogP contribution in [0.3, 0.4) is 0 Å². The first-order chi connectivity index (χ1) is 5.24. The van der Waals surface area contributed by atoms with E-state index in [1.54, 1.807) is 0 Å². The Hall–Kier alpha value is -0.840. The van der Waals surface area contributed by atoms with E-state index in [4.69, 9.17) is 5.26 Å². The molecule has 0 saturated carbocycles. The first-order valence-electron chi connectivity index (χ1n) is 4.15. The molecule has 0 bridgehead atoms. The van der Waals surface area contributed by atoms with E-state index in [2.05, 4.69) is 6.07 Å². The van der Waals surface area contributed by atoms with E-state index < -0.39 is 0 Å². The molecule has 0 radical (unpaired) electrons. The lowest BCUT2D eigenvalue weighted by Crippen LogP contribution is -2.05. The summed E-state index contributed by atoms with van der Waals surface area (Å²) in [6.07, 6.45) is 2.83. The lowest BCUT2D eigenvalue weighted by Gasteiger charge is -2.03. The largest absolute Gasteiger partial charge is 0.300 e. The van der Waals surface area contributed by atoms with Crippen LogP contribution in [0.1, 0.15) is 39.5 Å². The lowest BCUT2D eigenvalue weighted by molar-refractivity contribution is -0.119. The highest BCUT2D eigenvalue weighted by Crippen LogP contribution is 2.10. The molecule has 11 heavy (non-hydrogen) atoms. The molecule has 62 valence electrons. The van der Waals surface area contributed by atoms with Gasteiger partial charge in [-0.05, 0) is 6.42 Å². The molecular formula is C9H15NO. The van der Waals surface area contributed by atoms with E-state index in [1.165, 1.54) is 0 Å². The number of nitrogens with zero attached hydrogens (tertiary/aromatic N) is 1. The third-order valence-electron chi connectivity index (χ3n) is 1.69. The minimum absolute atomic E-state index is 0.0487. The van der Waals surface area contributed by atoms with Crippen molar-refractivity contribution >= 4 is 5.78 Å². The maximum atomic E-state index is 10.9. The van der Waals surface area contributed by atoms with Crippen molar-refractivity contribution in [3.8, 4) is 6.07 Å². The van der Waals surface area contributed by atoms with E-state index in [1.807, 2.05) is 13.8 Å². The third kappa shape index (κ3) is 4.55. The normalized spacial score (nSPS) is 12.1. The molecule has 0 aliphatic heterocycles. The van der Waals surface area contributed by atoms with E-state index >= 15 is 0 Å². The van der Waals surface area contributed by atoms with Crippen molar-refractivity contribution < 1.29 is 4.79 Å². The minimum atomic E-state index is -0.0487. The summed E-state index contributed by atoms with van der Waals surface area (Å²) in [5.74, 6) is 0.150. The molecule has 0 aliphatic rings. The first kappa shape index (κ1) is 10.2. The summed E-state index contributed by atoms with van der Waals surface area (Å²) in [6.45, 7) is 3.86. The molecule has 1 unspecified atom stereocenters. The Labute approximate surface area is 68.2 Å². The van der Waals surface area contributed by atoms with E-state index in [0.717, 1.165) is 12.8 Å². The standard InChI is InChI=1S/C9H15NO/c1-3-5-8(7-10)6-9(11)4-2/h8H,3-6H2,1-2H3. The number of rotatable bonds is 5. The highest BCUT2D eigenvalue weighted by molar-refractivity contribution is 5.78. The second-order valence-corrected chi connectivity index (χ2v) is 2.71. The molecule has 0 aliphatic carbocycles. The topological polar surface area (TPSA) is 40.9 Å². The maximum absolute atomic E-state index is 10.9. The number of hydrogen-bond donors (Lipinski definition) is 0. The fraction of sp³-hybridized carbons (Fsp3) is 0.778. The van der Waals surface area contributed by atoms with Crippen LogP contribution in [0.4, 0.5) is 0 Å². The highest BCUT2D eigenvalue weighted by atomic mass is 16.1. The Morgan fingerprint density at radius 3 is 2.55 bits per heavy atom. The van der Waals surface area contributed by atoms with Crippen molar-refractivity contribution in [3.05, 3.63) is 0 Å². The van der Waals surface area contributed by atoms with Gasteiger partial charge >= 0.3 is 0 Å². The Morgan fingerprint density at radius 2 is 2.18 bits per heavy atom. The molecule has 0 spiro atoms. The molecule has 0 heterocycles. The molecule has 0 N–H and O–H groups in total. The molecule has 0 fully saturated rings. The zero-order chi connectivity index (χ0) is 8.69. The molecule has 1 atom stereocenters. The monoisotopic (exact) mass is 153 g/mol. The summed E-state index contributed by atoms with van der Waals surface area (Å²) in [5.41, 5.74) is 0. The molecule has 0 aromatic heterocycles. The Bertz CT molecular complexity index is 157. The van der Waals surface area contributed by atoms with Gasteiger partial charge in [0.15, 0.2) is 0 Å². The second-order valence-electron chi connectivity index (χ2n) is 2.71. The Morgan fingerprint density at radius 1 is 1.55 bits per heavy atom. The zero-order valence-corrected chi connectivity index (χ0v) is 7.26. The third-order valence-corrected chi connectivity index (χ3v) is 1.69. The SMILES string of the molecule is CCCC(C#N)CC(=O)CC. The van der Waals surface area contributed by atoms with Crippen molar-refractivity contribution in [1.82, 2.24) is 0 Å². The molecule has 0 amide bonds. The Kier molecular flexibility index (Phi) is 5.46. The van der Waals surface area contributed by atoms with Gasteiger partial charge in [0, 0.05) is 12.8 Å². The molecular weight excluding hydrogens is 138 g/mol. The van der Waals surface area contributed by atoms with Crippen LogP contribution in [0.2, 0.25) is 0 Å². The molecule has 0 aromatic rings. The highest BCUT2D eigenvalue weighted by Gasteiger charge is 2.09. The van der Waals surface area contributed by atoms with Gasteiger partial charge in [-0.2, -0.15) is 5.26 Å². The number of carbonyl (C=O) groups excluding carboxylic acids is 1. The summed E-state index contributed by atoms with van der Waals surface area (Å²) >= 11 is 0. The second kappa shape index (κ2) is 5.91. The van der Waals surface area contributed by atoms with Gasteiger partial charge in [0.2, 0.25) is 0 Å². The minimum Gasteiger partial charge on any atom is -0.300 e. The van der Waals surface area contributed by atoms with Crippen molar-refractivity contribution in [2.75, 3.05) is 0 Å². The predicted octanol–water partition coefficient (Wildman–Crippen LogP) is 2.30. The summed E-state index contributed by atoms with van der Waals surface area (Å²) in [4.78, 5) is 10.9. The van der Waals surface area contributed by atoms with Gasteiger partial charge in [0.25, 0.3) is 0 Å². The molecule has 2 nitrogen and oxygen atoms in total. The number of ketones is 1. The summed E-state index contributed by atoms with van der Waals surface area (Å²) in [5, 5.41) is 8.60. The maximum Gasteiger partial charge on any atom is 0.133 e. The van der Waals surface area contributed by atoms with Crippen molar-refractivity contribution in [2.24, 2.45) is 5.92 Å². The number of nitriles is 1. The number of hydrogen-bond acceptors (Lipinski definition) is 2. The summed E-state index contributed by atoms with van der Waals surface area (Å²) < 4.78 is 0. The van der Waals surface area contributed by atoms with Crippen LogP contribution >= 0.6 is 0 Å². The van der Waals surface area contributed by atoms with Gasteiger partial charge in [0.05, 0.1) is 12.0 Å².